The molecule has 1 aromatic rings. The molecule has 0 bridgehead atoms. The molecule has 1 fully saturated rings. The number of fused-ring (bicyclic) bond motifs is 1. The van der Waals surface area contributed by atoms with Crippen LogP contribution in [0.3, 0.4) is 0 Å². The Morgan fingerprint density at radius 3 is 2.84 bits per heavy atom. The van der Waals surface area contributed by atoms with E-state index >= 15 is 0 Å². The summed E-state index contributed by atoms with van der Waals surface area (Å²) in [7, 11) is 0. The van der Waals surface area contributed by atoms with Gasteiger partial charge in [0, 0.05) is 12.0 Å². The third-order valence-electron chi connectivity index (χ3n) is 4.00. The molecule has 104 valence electrons. The van der Waals surface area contributed by atoms with E-state index in [1.807, 2.05) is 12.1 Å². The van der Waals surface area contributed by atoms with Crippen molar-refractivity contribution in [3.05, 3.63) is 23.8 Å². The number of aliphatic hydroxyl groups excluding tert-OH is 1. The molecule has 1 aromatic carbocycles. The predicted octanol–water partition coefficient (Wildman–Crippen LogP) is 3.08. The first kappa shape index (κ1) is 12.8. The van der Waals surface area contributed by atoms with Gasteiger partial charge in [-0.25, -0.2) is 0 Å². The van der Waals surface area contributed by atoms with Gasteiger partial charge in [0.2, 0.25) is 0 Å². The second-order valence-corrected chi connectivity index (χ2v) is 6.29. The van der Waals surface area contributed by atoms with Crippen LogP contribution in [0.2, 0.25) is 0 Å². The number of aliphatic hydroxyl groups is 1. The van der Waals surface area contributed by atoms with Crippen LogP contribution in [0.4, 0.5) is 0 Å². The van der Waals surface area contributed by atoms with Gasteiger partial charge >= 0.3 is 0 Å². The van der Waals surface area contributed by atoms with Gasteiger partial charge in [-0.15, -0.1) is 0 Å². The maximum Gasteiger partial charge on any atom is 0.165 e. The lowest BCUT2D eigenvalue weighted by molar-refractivity contribution is 0.00428. The Morgan fingerprint density at radius 1 is 1.26 bits per heavy atom. The van der Waals surface area contributed by atoms with E-state index in [0.717, 1.165) is 43.6 Å². The van der Waals surface area contributed by atoms with Gasteiger partial charge in [0.1, 0.15) is 11.7 Å². The molecule has 2 atom stereocenters. The first-order chi connectivity index (χ1) is 9.05. The number of para-hydroxylation sites is 1. The highest BCUT2D eigenvalue weighted by Gasteiger charge is 2.33. The minimum atomic E-state index is -0.348. The molecule has 0 aromatic heterocycles. The minimum Gasteiger partial charge on any atom is -0.484 e. The van der Waals surface area contributed by atoms with Crippen LogP contribution >= 0.6 is 0 Å². The van der Waals surface area contributed by atoms with Crippen LogP contribution in [0.15, 0.2) is 18.2 Å². The van der Waals surface area contributed by atoms with Crippen LogP contribution in [0, 0.1) is 0 Å². The summed E-state index contributed by atoms with van der Waals surface area (Å²) in [4.78, 5) is 0. The van der Waals surface area contributed by atoms with Crippen molar-refractivity contribution >= 4 is 0 Å². The van der Waals surface area contributed by atoms with Gasteiger partial charge in [-0.3, -0.25) is 0 Å². The summed E-state index contributed by atoms with van der Waals surface area (Å²) >= 11 is 0. The summed E-state index contributed by atoms with van der Waals surface area (Å²) in [6.45, 7) is 4.18. The Bertz CT molecular complexity index is 467. The first-order valence-corrected chi connectivity index (χ1v) is 7.21. The van der Waals surface area contributed by atoms with Gasteiger partial charge < -0.3 is 14.6 Å². The van der Waals surface area contributed by atoms with E-state index in [0.29, 0.717) is 0 Å². The van der Waals surface area contributed by atoms with Crippen molar-refractivity contribution in [2.75, 3.05) is 0 Å². The normalized spacial score (nSPS) is 28.6. The van der Waals surface area contributed by atoms with Crippen molar-refractivity contribution in [3.8, 4) is 11.5 Å². The molecule has 0 unspecified atom stereocenters. The molecule has 1 saturated carbocycles. The Hall–Kier alpha value is -1.22. The molecule has 3 heteroatoms. The van der Waals surface area contributed by atoms with E-state index in [1.54, 1.807) is 0 Å². The summed E-state index contributed by atoms with van der Waals surface area (Å²) in [5.74, 6) is 1.65. The predicted molar refractivity (Wildman–Crippen MR) is 73.7 cm³/mol. The van der Waals surface area contributed by atoms with Gasteiger partial charge in [-0.1, -0.05) is 18.6 Å². The Kier molecular flexibility index (Phi) is 3.17. The van der Waals surface area contributed by atoms with Gasteiger partial charge in [0.25, 0.3) is 0 Å². The number of ether oxygens (including phenoxy) is 2. The second kappa shape index (κ2) is 4.71. The van der Waals surface area contributed by atoms with Crippen LogP contribution in [0.25, 0.3) is 0 Å². The fourth-order valence-electron chi connectivity index (χ4n) is 3.06. The number of hydrogen-bond acceptors (Lipinski definition) is 3. The molecule has 1 N–H and O–H groups in total. The topological polar surface area (TPSA) is 38.7 Å². The number of benzene rings is 1. The fraction of sp³-hybridized carbons (Fsp3) is 0.625. The van der Waals surface area contributed by atoms with Crippen molar-refractivity contribution < 1.29 is 14.6 Å². The summed E-state index contributed by atoms with van der Waals surface area (Å²) in [6.07, 6.45) is 4.46. The Morgan fingerprint density at radius 2 is 2.05 bits per heavy atom. The summed E-state index contributed by atoms with van der Waals surface area (Å²) in [6, 6.07) is 6.05. The highest BCUT2D eigenvalue weighted by atomic mass is 16.5. The molecule has 0 radical (unpaired) electrons. The lowest BCUT2D eigenvalue weighted by Gasteiger charge is -2.29. The molecule has 0 saturated heterocycles. The summed E-state index contributed by atoms with van der Waals surface area (Å²) in [5, 5.41) is 10.0. The van der Waals surface area contributed by atoms with E-state index in [1.165, 1.54) is 5.56 Å². The quantitative estimate of drug-likeness (QED) is 0.890. The number of hydrogen-bond donors (Lipinski definition) is 1. The molecule has 19 heavy (non-hydrogen) atoms. The van der Waals surface area contributed by atoms with Gasteiger partial charge in [-0.05, 0) is 39.2 Å². The molecule has 3 nitrogen and oxygen atoms in total. The zero-order valence-electron chi connectivity index (χ0n) is 11.7. The van der Waals surface area contributed by atoms with Crippen molar-refractivity contribution in [1.82, 2.24) is 0 Å². The molecule has 0 amide bonds. The van der Waals surface area contributed by atoms with Crippen molar-refractivity contribution in [3.63, 3.8) is 0 Å². The van der Waals surface area contributed by atoms with Crippen molar-refractivity contribution in [2.24, 2.45) is 0 Å². The molecular weight excluding hydrogens is 240 g/mol. The molecule has 1 aliphatic heterocycles. The Balaban J connectivity index is 1.81. The standard InChI is InChI=1S/C16H22O3/c1-16(2)10-11-6-5-9-14(15(11)19-16)18-13-8-4-3-7-12(13)17/h5-6,9,12-13,17H,3-4,7-8,10H2,1-2H3/t12-,13-/m1/s1. The van der Waals surface area contributed by atoms with Crippen molar-refractivity contribution in [1.29, 1.82) is 0 Å². The third kappa shape index (κ3) is 2.57. The van der Waals surface area contributed by atoms with Crippen LogP contribution in [0.5, 0.6) is 11.5 Å². The van der Waals surface area contributed by atoms with E-state index in [9.17, 15) is 5.11 Å². The fourth-order valence-corrected chi connectivity index (χ4v) is 3.06. The maximum atomic E-state index is 10.0. The lowest BCUT2D eigenvalue weighted by Crippen LogP contribution is -2.34. The molecule has 1 heterocycles. The molecule has 1 aliphatic carbocycles. The first-order valence-electron chi connectivity index (χ1n) is 7.21. The van der Waals surface area contributed by atoms with Crippen LogP contribution < -0.4 is 9.47 Å². The highest BCUT2D eigenvalue weighted by molar-refractivity contribution is 5.50. The van der Waals surface area contributed by atoms with Gasteiger partial charge in [-0.2, -0.15) is 0 Å². The number of rotatable bonds is 2. The Labute approximate surface area is 114 Å². The van der Waals surface area contributed by atoms with Gasteiger partial charge in [0.05, 0.1) is 6.10 Å². The van der Waals surface area contributed by atoms with Gasteiger partial charge in [0.15, 0.2) is 11.5 Å². The molecule has 3 rings (SSSR count). The molecular formula is C16H22O3. The second-order valence-electron chi connectivity index (χ2n) is 6.29. The van der Waals surface area contributed by atoms with E-state index in [2.05, 4.69) is 19.9 Å². The summed E-state index contributed by atoms with van der Waals surface area (Å²) in [5.41, 5.74) is 1.04. The van der Waals surface area contributed by atoms with Crippen LogP contribution in [-0.4, -0.2) is 22.9 Å². The lowest BCUT2D eigenvalue weighted by atomic mass is 9.95. The minimum absolute atomic E-state index is 0.0902. The third-order valence-corrected chi connectivity index (χ3v) is 4.00. The zero-order valence-corrected chi connectivity index (χ0v) is 11.7. The average molecular weight is 262 g/mol. The van der Waals surface area contributed by atoms with E-state index < -0.39 is 0 Å². The summed E-state index contributed by atoms with van der Waals surface area (Å²) < 4.78 is 12.0. The molecule has 0 spiro atoms. The van der Waals surface area contributed by atoms with E-state index in [-0.39, 0.29) is 17.8 Å². The van der Waals surface area contributed by atoms with Crippen LogP contribution in [-0.2, 0) is 6.42 Å². The zero-order chi connectivity index (χ0) is 13.5. The van der Waals surface area contributed by atoms with E-state index in [4.69, 9.17) is 9.47 Å². The molecule has 2 aliphatic rings. The van der Waals surface area contributed by atoms with Crippen LogP contribution in [0.1, 0.15) is 45.1 Å². The maximum absolute atomic E-state index is 10.0. The smallest absolute Gasteiger partial charge is 0.165 e. The largest absolute Gasteiger partial charge is 0.484 e. The highest BCUT2D eigenvalue weighted by Crippen LogP contribution is 2.42. The monoisotopic (exact) mass is 262 g/mol. The SMILES string of the molecule is CC1(C)Cc2cccc(O[C@@H]3CCCC[C@H]3O)c2O1. The average Bonchev–Trinajstić information content (AvgIpc) is 2.67. The van der Waals surface area contributed by atoms with Crippen molar-refractivity contribution in [2.45, 2.75) is 63.8 Å².